The molecule has 0 saturated carbocycles. The smallest absolute Gasteiger partial charge is 0.314 e. The van der Waals surface area contributed by atoms with Crippen molar-refractivity contribution in [2.75, 3.05) is 26.2 Å². The van der Waals surface area contributed by atoms with Crippen molar-refractivity contribution in [2.45, 2.75) is 57.9 Å². The summed E-state index contributed by atoms with van der Waals surface area (Å²) in [4.78, 5) is 27.7. The zero-order valence-corrected chi connectivity index (χ0v) is 15.6. The second kappa shape index (κ2) is 8.51. The fourth-order valence-electron chi connectivity index (χ4n) is 3.95. The summed E-state index contributed by atoms with van der Waals surface area (Å²) in [6, 6.07) is -0.110. The SMILES string of the molecule is CCCCc1cn(C2CCN(C(=O)C3CCCN(C(N)=O)C3)CC2)nn1. The molecule has 8 nitrogen and oxygen atoms in total. The van der Waals surface area contributed by atoms with Crippen LogP contribution in [0.2, 0.25) is 0 Å². The molecule has 0 aromatic carbocycles. The lowest BCUT2D eigenvalue weighted by molar-refractivity contribution is -0.138. The van der Waals surface area contributed by atoms with E-state index >= 15 is 0 Å². The number of amides is 3. The standard InChI is InChI=1S/C18H30N6O2/c1-2-3-6-15-13-24(21-20-15)16-7-10-22(11-8-16)17(25)14-5-4-9-23(12-14)18(19)26/h13-14,16H,2-12H2,1H3,(H2,19,26). The summed E-state index contributed by atoms with van der Waals surface area (Å²) in [7, 11) is 0. The summed E-state index contributed by atoms with van der Waals surface area (Å²) in [6.07, 6.45) is 8.80. The molecule has 2 saturated heterocycles. The first-order valence-corrected chi connectivity index (χ1v) is 9.82. The van der Waals surface area contributed by atoms with Crippen LogP contribution in [-0.4, -0.2) is 62.9 Å². The van der Waals surface area contributed by atoms with E-state index in [1.807, 2.05) is 9.58 Å². The number of nitrogens with two attached hydrogens (primary N) is 1. The van der Waals surface area contributed by atoms with Gasteiger partial charge in [0.1, 0.15) is 0 Å². The number of nitrogens with zero attached hydrogens (tertiary/aromatic N) is 5. The Hall–Kier alpha value is -2.12. The molecule has 1 aromatic rings. The van der Waals surface area contributed by atoms with Crippen molar-refractivity contribution in [2.24, 2.45) is 11.7 Å². The van der Waals surface area contributed by atoms with Crippen LogP contribution >= 0.6 is 0 Å². The van der Waals surface area contributed by atoms with Gasteiger partial charge in [0.25, 0.3) is 0 Å². The molecule has 0 radical (unpaired) electrons. The van der Waals surface area contributed by atoms with Crippen molar-refractivity contribution in [3.05, 3.63) is 11.9 Å². The van der Waals surface area contributed by atoms with E-state index in [2.05, 4.69) is 23.4 Å². The lowest BCUT2D eigenvalue weighted by Crippen LogP contribution is -2.49. The van der Waals surface area contributed by atoms with Gasteiger partial charge < -0.3 is 15.5 Å². The van der Waals surface area contributed by atoms with Gasteiger partial charge in [-0.1, -0.05) is 18.6 Å². The van der Waals surface area contributed by atoms with E-state index in [-0.39, 0.29) is 11.8 Å². The van der Waals surface area contributed by atoms with Gasteiger partial charge in [0, 0.05) is 32.4 Å². The van der Waals surface area contributed by atoms with Crippen molar-refractivity contribution >= 4 is 11.9 Å². The van der Waals surface area contributed by atoms with Gasteiger partial charge in [-0.05, 0) is 38.5 Å². The van der Waals surface area contributed by atoms with E-state index in [1.54, 1.807) is 4.90 Å². The number of unbranched alkanes of at least 4 members (excludes halogenated alkanes) is 1. The van der Waals surface area contributed by atoms with Crippen molar-refractivity contribution in [1.82, 2.24) is 24.8 Å². The average molecular weight is 362 g/mol. The van der Waals surface area contributed by atoms with Crippen LogP contribution in [0.15, 0.2) is 6.20 Å². The number of rotatable bonds is 5. The highest BCUT2D eigenvalue weighted by Crippen LogP contribution is 2.25. The summed E-state index contributed by atoms with van der Waals surface area (Å²) >= 11 is 0. The lowest BCUT2D eigenvalue weighted by atomic mass is 9.95. The first-order valence-electron chi connectivity index (χ1n) is 9.82. The van der Waals surface area contributed by atoms with Crippen LogP contribution in [-0.2, 0) is 11.2 Å². The molecule has 2 N–H and O–H groups in total. The van der Waals surface area contributed by atoms with E-state index in [0.717, 1.165) is 63.7 Å². The summed E-state index contributed by atoms with van der Waals surface area (Å²) in [5.41, 5.74) is 6.42. The van der Waals surface area contributed by atoms with Gasteiger partial charge in [0.15, 0.2) is 0 Å². The molecular formula is C18H30N6O2. The summed E-state index contributed by atoms with van der Waals surface area (Å²) in [6.45, 7) is 4.76. The maximum atomic E-state index is 12.8. The molecule has 1 aromatic heterocycles. The number of urea groups is 1. The highest BCUT2D eigenvalue weighted by Gasteiger charge is 2.32. The summed E-state index contributed by atoms with van der Waals surface area (Å²) in [5, 5.41) is 8.55. The highest BCUT2D eigenvalue weighted by atomic mass is 16.2. The Kier molecular flexibility index (Phi) is 6.11. The van der Waals surface area contributed by atoms with E-state index in [9.17, 15) is 9.59 Å². The Morgan fingerprint density at radius 2 is 1.96 bits per heavy atom. The van der Waals surface area contributed by atoms with E-state index in [0.29, 0.717) is 19.1 Å². The van der Waals surface area contributed by atoms with Crippen molar-refractivity contribution in [3.8, 4) is 0 Å². The number of carbonyl (C=O) groups excluding carboxylic acids is 2. The Bertz CT molecular complexity index is 623. The molecule has 3 amide bonds. The van der Waals surface area contributed by atoms with Crippen LogP contribution in [0.5, 0.6) is 0 Å². The quantitative estimate of drug-likeness (QED) is 0.860. The van der Waals surface area contributed by atoms with Crippen molar-refractivity contribution in [3.63, 3.8) is 0 Å². The maximum absolute atomic E-state index is 12.8. The number of piperidine rings is 2. The molecule has 0 aliphatic carbocycles. The summed E-state index contributed by atoms with van der Waals surface area (Å²) in [5.74, 6) is 0.0523. The van der Waals surface area contributed by atoms with Crippen LogP contribution in [0.4, 0.5) is 4.79 Å². The predicted octanol–water partition coefficient (Wildman–Crippen LogP) is 1.57. The second-order valence-corrected chi connectivity index (χ2v) is 7.47. The van der Waals surface area contributed by atoms with Gasteiger partial charge >= 0.3 is 6.03 Å². The normalized spacial score (nSPS) is 21.8. The van der Waals surface area contributed by atoms with E-state index in [4.69, 9.17) is 5.73 Å². The molecule has 2 fully saturated rings. The third-order valence-electron chi connectivity index (χ3n) is 5.58. The largest absolute Gasteiger partial charge is 0.351 e. The fourth-order valence-corrected chi connectivity index (χ4v) is 3.95. The number of primary amides is 1. The number of aromatic nitrogens is 3. The van der Waals surface area contributed by atoms with Crippen LogP contribution in [0, 0.1) is 5.92 Å². The molecular weight excluding hydrogens is 332 g/mol. The minimum Gasteiger partial charge on any atom is -0.351 e. The maximum Gasteiger partial charge on any atom is 0.314 e. The third-order valence-corrected chi connectivity index (χ3v) is 5.58. The van der Waals surface area contributed by atoms with E-state index < -0.39 is 6.03 Å². The van der Waals surface area contributed by atoms with Gasteiger partial charge in [0.05, 0.1) is 17.7 Å². The molecule has 144 valence electrons. The first-order chi connectivity index (χ1) is 12.6. The predicted molar refractivity (Wildman–Crippen MR) is 97.4 cm³/mol. The third kappa shape index (κ3) is 4.34. The monoisotopic (exact) mass is 362 g/mol. The lowest BCUT2D eigenvalue weighted by Gasteiger charge is -2.37. The molecule has 3 rings (SSSR count). The molecule has 26 heavy (non-hydrogen) atoms. The molecule has 1 unspecified atom stereocenters. The minimum absolute atomic E-state index is 0.111. The van der Waals surface area contributed by atoms with Gasteiger partial charge in [-0.25, -0.2) is 9.48 Å². The Balaban J connectivity index is 1.50. The Labute approximate surface area is 154 Å². The van der Waals surface area contributed by atoms with Gasteiger partial charge in [-0.3, -0.25) is 4.79 Å². The molecule has 2 aliphatic heterocycles. The number of hydrogen-bond donors (Lipinski definition) is 1. The minimum atomic E-state index is -0.425. The van der Waals surface area contributed by atoms with Crippen LogP contribution in [0.25, 0.3) is 0 Å². The fraction of sp³-hybridized carbons (Fsp3) is 0.778. The molecule has 2 aliphatic rings. The summed E-state index contributed by atoms with van der Waals surface area (Å²) < 4.78 is 1.97. The topological polar surface area (TPSA) is 97.3 Å². The molecule has 8 heteroatoms. The Morgan fingerprint density at radius 1 is 1.19 bits per heavy atom. The highest BCUT2D eigenvalue weighted by molar-refractivity contribution is 5.80. The molecule has 3 heterocycles. The van der Waals surface area contributed by atoms with E-state index in [1.165, 1.54) is 0 Å². The van der Waals surface area contributed by atoms with Crippen LogP contribution in [0.3, 0.4) is 0 Å². The van der Waals surface area contributed by atoms with Gasteiger partial charge in [-0.2, -0.15) is 0 Å². The number of likely N-dealkylation sites (tertiary alicyclic amines) is 2. The van der Waals surface area contributed by atoms with Crippen molar-refractivity contribution in [1.29, 1.82) is 0 Å². The van der Waals surface area contributed by atoms with Gasteiger partial charge in [-0.15, -0.1) is 5.10 Å². The average Bonchev–Trinajstić information content (AvgIpc) is 3.15. The van der Waals surface area contributed by atoms with Crippen LogP contribution < -0.4 is 5.73 Å². The molecule has 1 atom stereocenters. The number of carbonyl (C=O) groups is 2. The second-order valence-electron chi connectivity index (χ2n) is 7.47. The zero-order valence-electron chi connectivity index (χ0n) is 15.6. The first kappa shape index (κ1) is 18.7. The van der Waals surface area contributed by atoms with Crippen LogP contribution in [0.1, 0.15) is 57.2 Å². The zero-order chi connectivity index (χ0) is 18.5. The number of aryl methyl sites for hydroxylation is 1. The molecule has 0 spiro atoms. The van der Waals surface area contributed by atoms with Gasteiger partial charge in [0.2, 0.25) is 5.91 Å². The Morgan fingerprint density at radius 3 is 2.65 bits per heavy atom. The molecule has 0 bridgehead atoms. The number of hydrogen-bond acceptors (Lipinski definition) is 4. The van der Waals surface area contributed by atoms with Crippen molar-refractivity contribution < 1.29 is 9.59 Å².